The maximum absolute atomic E-state index is 12.0. The summed E-state index contributed by atoms with van der Waals surface area (Å²) < 4.78 is 45.1. The number of rotatable bonds is 5. The van der Waals surface area contributed by atoms with Crippen LogP contribution in [0.3, 0.4) is 0 Å². The van der Waals surface area contributed by atoms with Crippen LogP contribution in [0.25, 0.3) is 0 Å². The van der Waals surface area contributed by atoms with Crippen LogP contribution in [-0.4, -0.2) is 18.9 Å². The number of para-hydroxylation sites is 1. The molecule has 0 aliphatic rings. The molecule has 0 bridgehead atoms. The van der Waals surface area contributed by atoms with Gasteiger partial charge in [0.15, 0.2) is 6.61 Å². The van der Waals surface area contributed by atoms with E-state index in [0.29, 0.717) is 5.56 Å². The standard InChI is InChI=1S/C16H11F3N2O3/c17-16(18,19)24-13-7-5-12(6-8-13)21-15(22)10-23-14-4-2-1-3-11(14)9-20/h1-8H,10H2,(H,21,22). The van der Waals surface area contributed by atoms with Crippen molar-refractivity contribution in [1.29, 1.82) is 5.26 Å². The molecular formula is C16H11F3N2O3. The Morgan fingerprint density at radius 2 is 1.79 bits per heavy atom. The van der Waals surface area contributed by atoms with Crippen LogP contribution in [0.4, 0.5) is 18.9 Å². The summed E-state index contributed by atoms with van der Waals surface area (Å²) in [5.74, 6) is -0.643. The summed E-state index contributed by atoms with van der Waals surface area (Å²) in [7, 11) is 0. The molecule has 2 aromatic carbocycles. The Morgan fingerprint density at radius 3 is 2.42 bits per heavy atom. The van der Waals surface area contributed by atoms with Crippen LogP contribution >= 0.6 is 0 Å². The third kappa shape index (κ3) is 5.21. The number of halogens is 3. The molecule has 2 rings (SSSR count). The lowest BCUT2D eigenvalue weighted by atomic mass is 10.2. The normalized spacial score (nSPS) is 10.6. The second-order valence-electron chi connectivity index (χ2n) is 4.52. The number of anilines is 1. The molecular weight excluding hydrogens is 325 g/mol. The number of amides is 1. The molecule has 0 atom stereocenters. The maximum Gasteiger partial charge on any atom is 0.573 e. The molecule has 0 unspecified atom stereocenters. The van der Waals surface area contributed by atoms with E-state index in [9.17, 15) is 18.0 Å². The molecule has 0 aliphatic heterocycles. The monoisotopic (exact) mass is 336 g/mol. The number of hydrogen-bond donors (Lipinski definition) is 1. The molecule has 2 aromatic rings. The van der Waals surface area contributed by atoms with Crippen LogP contribution in [0.2, 0.25) is 0 Å². The van der Waals surface area contributed by atoms with Gasteiger partial charge in [0.2, 0.25) is 0 Å². The van der Waals surface area contributed by atoms with Crippen LogP contribution in [-0.2, 0) is 4.79 Å². The molecule has 1 amide bonds. The Morgan fingerprint density at radius 1 is 1.12 bits per heavy atom. The Kier molecular flexibility index (Phi) is 5.27. The van der Waals surface area contributed by atoms with E-state index in [4.69, 9.17) is 10.00 Å². The Hall–Kier alpha value is -3.21. The summed E-state index contributed by atoms with van der Waals surface area (Å²) >= 11 is 0. The van der Waals surface area contributed by atoms with Gasteiger partial charge in [0, 0.05) is 5.69 Å². The van der Waals surface area contributed by atoms with Crippen molar-refractivity contribution >= 4 is 11.6 Å². The fourth-order valence-corrected chi connectivity index (χ4v) is 1.77. The quantitative estimate of drug-likeness (QED) is 0.907. The highest BCUT2D eigenvalue weighted by molar-refractivity contribution is 5.91. The van der Waals surface area contributed by atoms with E-state index < -0.39 is 12.3 Å². The lowest BCUT2D eigenvalue weighted by Gasteiger charge is -2.10. The number of nitrogens with one attached hydrogen (secondary N) is 1. The van der Waals surface area contributed by atoms with Crippen LogP contribution in [0.1, 0.15) is 5.56 Å². The summed E-state index contributed by atoms with van der Waals surface area (Å²) in [6, 6.07) is 13.0. The lowest BCUT2D eigenvalue weighted by molar-refractivity contribution is -0.274. The van der Waals surface area contributed by atoms with Crippen molar-refractivity contribution in [3.8, 4) is 17.6 Å². The Balaban J connectivity index is 1.89. The predicted molar refractivity (Wildman–Crippen MR) is 78.4 cm³/mol. The van der Waals surface area contributed by atoms with Gasteiger partial charge in [-0.25, -0.2) is 0 Å². The van der Waals surface area contributed by atoms with Crippen molar-refractivity contribution in [3.63, 3.8) is 0 Å². The number of carbonyl (C=O) groups is 1. The molecule has 0 heterocycles. The fourth-order valence-electron chi connectivity index (χ4n) is 1.77. The lowest BCUT2D eigenvalue weighted by Crippen LogP contribution is -2.20. The van der Waals surface area contributed by atoms with Gasteiger partial charge in [-0.15, -0.1) is 13.2 Å². The largest absolute Gasteiger partial charge is 0.573 e. The van der Waals surface area contributed by atoms with Gasteiger partial charge in [-0.3, -0.25) is 4.79 Å². The topological polar surface area (TPSA) is 71.3 Å². The van der Waals surface area contributed by atoms with Crippen LogP contribution < -0.4 is 14.8 Å². The zero-order chi connectivity index (χ0) is 17.6. The summed E-state index contributed by atoms with van der Waals surface area (Å²) in [6.07, 6.45) is -4.77. The molecule has 0 radical (unpaired) electrons. The number of carbonyl (C=O) groups excluding carboxylic acids is 1. The first-order valence-corrected chi connectivity index (χ1v) is 6.65. The molecule has 0 saturated heterocycles. The highest BCUT2D eigenvalue weighted by Gasteiger charge is 2.30. The zero-order valence-corrected chi connectivity index (χ0v) is 12.1. The van der Waals surface area contributed by atoms with E-state index in [-0.39, 0.29) is 23.8 Å². The Bertz CT molecular complexity index is 752. The van der Waals surface area contributed by atoms with Crippen molar-refractivity contribution in [3.05, 3.63) is 54.1 Å². The summed E-state index contributed by atoms with van der Waals surface area (Å²) in [4.78, 5) is 11.8. The third-order valence-corrected chi connectivity index (χ3v) is 2.74. The second kappa shape index (κ2) is 7.37. The second-order valence-corrected chi connectivity index (χ2v) is 4.52. The molecule has 0 aliphatic carbocycles. The number of benzene rings is 2. The van der Waals surface area contributed by atoms with E-state index in [1.807, 2.05) is 6.07 Å². The van der Waals surface area contributed by atoms with Crippen molar-refractivity contribution in [1.82, 2.24) is 0 Å². The number of nitrogens with zero attached hydrogens (tertiary/aromatic N) is 1. The van der Waals surface area contributed by atoms with E-state index >= 15 is 0 Å². The molecule has 8 heteroatoms. The SMILES string of the molecule is N#Cc1ccccc1OCC(=O)Nc1ccc(OC(F)(F)F)cc1. The predicted octanol–water partition coefficient (Wildman–Crippen LogP) is 3.47. The van der Waals surface area contributed by atoms with Gasteiger partial charge in [-0.1, -0.05) is 12.1 Å². The number of alkyl halides is 3. The maximum atomic E-state index is 12.0. The minimum atomic E-state index is -4.77. The molecule has 0 spiro atoms. The number of nitriles is 1. The Labute approximate surface area is 135 Å². The van der Waals surface area contributed by atoms with Crippen molar-refractivity contribution in [2.24, 2.45) is 0 Å². The van der Waals surface area contributed by atoms with Gasteiger partial charge in [0.25, 0.3) is 5.91 Å². The molecule has 1 N–H and O–H groups in total. The van der Waals surface area contributed by atoms with E-state index in [1.165, 1.54) is 12.1 Å². The highest BCUT2D eigenvalue weighted by Crippen LogP contribution is 2.24. The first-order chi connectivity index (χ1) is 11.4. The van der Waals surface area contributed by atoms with Crippen molar-refractivity contribution in [2.75, 3.05) is 11.9 Å². The van der Waals surface area contributed by atoms with E-state index in [1.54, 1.807) is 24.3 Å². The van der Waals surface area contributed by atoms with Gasteiger partial charge >= 0.3 is 6.36 Å². The third-order valence-electron chi connectivity index (χ3n) is 2.74. The van der Waals surface area contributed by atoms with E-state index in [0.717, 1.165) is 12.1 Å². The molecule has 124 valence electrons. The molecule has 0 fully saturated rings. The van der Waals surface area contributed by atoms with Crippen molar-refractivity contribution < 1.29 is 27.4 Å². The molecule has 0 aromatic heterocycles. The minimum Gasteiger partial charge on any atom is -0.482 e. The average Bonchev–Trinajstić information content (AvgIpc) is 2.53. The molecule has 0 saturated carbocycles. The van der Waals surface area contributed by atoms with Gasteiger partial charge in [0.1, 0.15) is 17.6 Å². The number of hydrogen-bond acceptors (Lipinski definition) is 4. The summed E-state index contributed by atoms with van der Waals surface area (Å²) in [5, 5.41) is 11.4. The van der Waals surface area contributed by atoms with Crippen LogP contribution in [0, 0.1) is 11.3 Å². The fraction of sp³-hybridized carbons (Fsp3) is 0.125. The molecule has 5 nitrogen and oxygen atoms in total. The summed E-state index contributed by atoms with van der Waals surface area (Å²) in [5.41, 5.74) is 0.575. The van der Waals surface area contributed by atoms with Gasteiger partial charge < -0.3 is 14.8 Å². The van der Waals surface area contributed by atoms with Crippen LogP contribution in [0.15, 0.2) is 48.5 Å². The van der Waals surface area contributed by atoms with Crippen LogP contribution in [0.5, 0.6) is 11.5 Å². The smallest absolute Gasteiger partial charge is 0.482 e. The van der Waals surface area contributed by atoms with E-state index in [2.05, 4.69) is 10.1 Å². The molecule has 24 heavy (non-hydrogen) atoms. The highest BCUT2D eigenvalue weighted by atomic mass is 19.4. The van der Waals surface area contributed by atoms with Gasteiger partial charge in [0.05, 0.1) is 5.56 Å². The van der Waals surface area contributed by atoms with Crippen molar-refractivity contribution in [2.45, 2.75) is 6.36 Å². The first-order valence-electron chi connectivity index (χ1n) is 6.65. The summed E-state index contributed by atoms with van der Waals surface area (Å²) in [6.45, 7) is -0.348. The van der Waals surface area contributed by atoms with Gasteiger partial charge in [-0.2, -0.15) is 5.26 Å². The first kappa shape index (κ1) is 17.1. The minimum absolute atomic E-state index is 0.268. The average molecular weight is 336 g/mol. The van der Waals surface area contributed by atoms with Gasteiger partial charge in [-0.05, 0) is 36.4 Å². The zero-order valence-electron chi connectivity index (χ0n) is 12.1. The number of ether oxygens (including phenoxy) is 2.